The fourth-order valence-electron chi connectivity index (χ4n) is 3.27. The highest BCUT2D eigenvalue weighted by molar-refractivity contribution is 5.63. The first-order chi connectivity index (χ1) is 10.1. The highest BCUT2D eigenvalue weighted by Gasteiger charge is 2.40. The van der Waals surface area contributed by atoms with Crippen LogP contribution in [0.3, 0.4) is 0 Å². The molecule has 0 spiro atoms. The molecule has 2 aliphatic rings. The van der Waals surface area contributed by atoms with Gasteiger partial charge in [0, 0.05) is 13.6 Å². The SMILES string of the molecule is CNc1nc(C)c([N+](=O)[O-])c(N2CCOC3CCCC32)n1. The molecule has 21 heavy (non-hydrogen) atoms. The van der Waals surface area contributed by atoms with Crippen LogP contribution < -0.4 is 10.2 Å². The Morgan fingerprint density at radius 2 is 2.24 bits per heavy atom. The van der Waals surface area contributed by atoms with Gasteiger partial charge in [-0.1, -0.05) is 0 Å². The topological polar surface area (TPSA) is 93.4 Å². The molecule has 1 saturated heterocycles. The van der Waals surface area contributed by atoms with Gasteiger partial charge >= 0.3 is 5.69 Å². The minimum Gasteiger partial charge on any atom is -0.374 e. The van der Waals surface area contributed by atoms with Crippen LogP contribution in [-0.4, -0.2) is 47.2 Å². The van der Waals surface area contributed by atoms with E-state index in [0.717, 1.165) is 19.3 Å². The van der Waals surface area contributed by atoms with E-state index in [9.17, 15) is 10.1 Å². The van der Waals surface area contributed by atoms with Gasteiger partial charge in [0.05, 0.1) is 23.7 Å². The maximum absolute atomic E-state index is 11.4. The third kappa shape index (κ3) is 2.39. The number of anilines is 2. The minimum absolute atomic E-state index is 0.00144. The molecule has 1 N–H and O–H groups in total. The first-order valence-corrected chi connectivity index (χ1v) is 7.21. The van der Waals surface area contributed by atoms with E-state index in [0.29, 0.717) is 30.6 Å². The van der Waals surface area contributed by atoms with Crippen LogP contribution in [0.1, 0.15) is 25.0 Å². The summed E-state index contributed by atoms with van der Waals surface area (Å²) in [7, 11) is 1.71. The lowest BCUT2D eigenvalue weighted by atomic mass is 10.1. The van der Waals surface area contributed by atoms with Gasteiger partial charge in [-0.05, 0) is 26.2 Å². The predicted octanol–water partition coefficient (Wildman–Crippen LogP) is 1.49. The summed E-state index contributed by atoms with van der Waals surface area (Å²) in [5.74, 6) is 0.825. The standard InChI is InChI=1S/C13H19N5O3/c1-8-11(18(19)20)12(16-13(14-2)15-8)17-6-7-21-10-5-3-4-9(10)17/h9-10H,3-7H2,1-2H3,(H,14,15,16). The van der Waals surface area contributed by atoms with Crippen LogP contribution in [0.25, 0.3) is 0 Å². The van der Waals surface area contributed by atoms with E-state index in [2.05, 4.69) is 15.3 Å². The van der Waals surface area contributed by atoms with Crippen molar-refractivity contribution >= 4 is 17.5 Å². The van der Waals surface area contributed by atoms with Gasteiger partial charge in [-0.15, -0.1) is 0 Å². The van der Waals surface area contributed by atoms with Crippen molar-refractivity contribution in [2.75, 3.05) is 30.4 Å². The molecule has 2 unspecified atom stereocenters. The molecule has 1 aliphatic carbocycles. The second-order valence-electron chi connectivity index (χ2n) is 5.41. The maximum atomic E-state index is 11.4. The first kappa shape index (κ1) is 14.0. The number of fused-ring (bicyclic) bond motifs is 1. The number of aryl methyl sites for hydroxylation is 1. The number of hydrogen-bond donors (Lipinski definition) is 1. The smallest absolute Gasteiger partial charge is 0.332 e. The number of aromatic nitrogens is 2. The maximum Gasteiger partial charge on any atom is 0.332 e. The average Bonchev–Trinajstić information content (AvgIpc) is 2.94. The fourth-order valence-corrected chi connectivity index (χ4v) is 3.27. The third-order valence-electron chi connectivity index (χ3n) is 4.20. The second-order valence-corrected chi connectivity index (χ2v) is 5.41. The number of rotatable bonds is 3. The summed E-state index contributed by atoms with van der Waals surface area (Å²) >= 11 is 0. The summed E-state index contributed by atoms with van der Waals surface area (Å²) in [6, 6.07) is 0.177. The molecule has 8 nitrogen and oxygen atoms in total. The summed E-state index contributed by atoms with van der Waals surface area (Å²) in [5, 5.41) is 14.3. The zero-order valence-corrected chi connectivity index (χ0v) is 12.2. The summed E-state index contributed by atoms with van der Waals surface area (Å²) < 4.78 is 5.77. The van der Waals surface area contributed by atoms with Crippen LogP contribution in [0.5, 0.6) is 0 Å². The first-order valence-electron chi connectivity index (χ1n) is 7.21. The Morgan fingerprint density at radius 3 is 2.95 bits per heavy atom. The monoisotopic (exact) mass is 293 g/mol. The van der Waals surface area contributed by atoms with Crippen LogP contribution in [0.15, 0.2) is 0 Å². The van der Waals surface area contributed by atoms with Crippen molar-refractivity contribution in [1.82, 2.24) is 9.97 Å². The highest BCUT2D eigenvalue weighted by Crippen LogP contribution is 2.37. The van der Waals surface area contributed by atoms with Crippen LogP contribution in [0, 0.1) is 17.0 Å². The Kier molecular flexibility index (Phi) is 3.62. The van der Waals surface area contributed by atoms with E-state index in [1.54, 1.807) is 14.0 Å². The van der Waals surface area contributed by atoms with Crippen molar-refractivity contribution in [2.45, 2.75) is 38.3 Å². The van der Waals surface area contributed by atoms with E-state index in [4.69, 9.17) is 4.74 Å². The van der Waals surface area contributed by atoms with Crippen molar-refractivity contribution in [3.63, 3.8) is 0 Å². The number of morpholine rings is 1. The molecule has 1 aliphatic heterocycles. The van der Waals surface area contributed by atoms with Gasteiger partial charge in [0.15, 0.2) is 0 Å². The number of nitrogens with zero attached hydrogens (tertiary/aromatic N) is 4. The van der Waals surface area contributed by atoms with Crippen LogP contribution >= 0.6 is 0 Å². The molecular formula is C13H19N5O3. The summed E-state index contributed by atoms with van der Waals surface area (Å²) in [4.78, 5) is 21.6. The summed E-state index contributed by atoms with van der Waals surface area (Å²) in [6.07, 6.45) is 3.24. The van der Waals surface area contributed by atoms with E-state index >= 15 is 0 Å². The van der Waals surface area contributed by atoms with Gasteiger partial charge < -0.3 is 15.0 Å². The molecule has 2 fully saturated rings. The zero-order valence-electron chi connectivity index (χ0n) is 12.2. The second kappa shape index (κ2) is 5.44. The van der Waals surface area contributed by atoms with Crippen LogP contribution in [-0.2, 0) is 4.74 Å². The molecule has 3 rings (SSSR count). The lowest BCUT2D eigenvalue weighted by molar-refractivity contribution is -0.385. The van der Waals surface area contributed by atoms with Gasteiger partial charge in [-0.2, -0.15) is 4.98 Å². The average molecular weight is 293 g/mol. The van der Waals surface area contributed by atoms with Gasteiger partial charge in [0.2, 0.25) is 11.8 Å². The molecule has 2 heterocycles. The largest absolute Gasteiger partial charge is 0.374 e. The predicted molar refractivity (Wildman–Crippen MR) is 77.7 cm³/mol. The molecule has 0 radical (unpaired) electrons. The third-order valence-corrected chi connectivity index (χ3v) is 4.20. The Bertz CT molecular complexity index is 565. The quantitative estimate of drug-likeness (QED) is 0.666. The van der Waals surface area contributed by atoms with Crippen LogP contribution in [0.4, 0.5) is 17.5 Å². The number of hydrogen-bond acceptors (Lipinski definition) is 7. The van der Waals surface area contributed by atoms with Crippen molar-refractivity contribution in [3.05, 3.63) is 15.8 Å². The fraction of sp³-hybridized carbons (Fsp3) is 0.692. The van der Waals surface area contributed by atoms with Crippen molar-refractivity contribution < 1.29 is 9.66 Å². The Hall–Kier alpha value is -1.96. The van der Waals surface area contributed by atoms with E-state index in [-0.39, 0.29) is 22.8 Å². The van der Waals surface area contributed by atoms with Gasteiger partial charge in [0.25, 0.3) is 0 Å². The molecule has 1 aromatic rings. The van der Waals surface area contributed by atoms with Gasteiger partial charge in [-0.25, -0.2) is 4.98 Å². The van der Waals surface area contributed by atoms with Crippen molar-refractivity contribution in [3.8, 4) is 0 Å². The molecule has 0 aromatic carbocycles. The minimum atomic E-state index is -0.385. The lowest BCUT2D eigenvalue weighted by Gasteiger charge is -2.38. The summed E-state index contributed by atoms with van der Waals surface area (Å²) in [5.41, 5.74) is 0.386. The molecule has 0 bridgehead atoms. The van der Waals surface area contributed by atoms with Gasteiger partial charge in [-0.3, -0.25) is 10.1 Å². The number of nitrogens with one attached hydrogen (secondary N) is 1. The number of ether oxygens (including phenoxy) is 1. The molecule has 8 heteroatoms. The summed E-state index contributed by atoms with van der Waals surface area (Å²) in [6.45, 7) is 2.86. The lowest BCUT2D eigenvalue weighted by Crippen LogP contribution is -2.49. The molecule has 114 valence electrons. The Morgan fingerprint density at radius 1 is 1.43 bits per heavy atom. The molecule has 0 amide bonds. The molecule has 2 atom stereocenters. The van der Waals surface area contributed by atoms with E-state index < -0.39 is 0 Å². The van der Waals surface area contributed by atoms with Crippen LogP contribution in [0.2, 0.25) is 0 Å². The Labute approximate surface area is 122 Å². The molecule has 1 saturated carbocycles. The van der Waals surface area contributed by atoms with Crippen molar-refractivity contribution in [1.29, 1.82) is 0 Å². The number of nitro groups is 1. The van der Waals surface area contributed by atoms with Crippen molar-refractivity contribution in [2.24, 2.45) is 0 Å². The Balaban J connectivity index is 2.07. The zero-order chi connectivity index (χ0) is 15.0. The van der Waals surface area contributed by atoms with Gasteiger partial charge in [0.1, 0.15) is 5.69 Å². The normalized spacial score (nSPS) is 24.8. The van der Waals surface area contributed by atoms with E-state index in [1.165, 1.54) is 0 Å². The van der Waals surface area contributed by atoms with E-state index in [1.807, 2.05) is 4.90 Å². The molecular weight excluding hydrogens is 274 g/mol. The highest BCUT2D eigenvalue weighted by atomic mass is 16.6. The molecule has 1 aromatic heterocycles.